The van der Waals surface area contributed by atoms with Crippen LogP contribution in [0.25, 0.3) is 0 Å². The third kappa shape index (κ3) is 6.07. The van der Waals surface area contributed by atoms with Crippen molar-refractivity contribution in [2.24, 2.45) is 0 Å². The number of halogens is 5. The van der Waals surface area contributed by atoms with Crippen molar-refractivity contribution in [3.05, 3.63) is 21.4 Å². The number of carbonyl (C=O) groups excluding carboxylic acids is 1. The SMILES string of the molecule is Cc1[nH]c(C(=O)N[C@@H]2CCNC[C@H]2O)c(Cl)c1Cl.O=C(O)C(F)(F)F. The number of aromatic amines is 1. The molecule has 0 aliphatic carbocycles. The van der Waals surface area contributed by atoms with Crippen LogP contribution in [0.4, 0.5) is 13.2 Å². The zero-order valence-electron chi connectivity index (χ0n) is 12.9. The number of aryl methyl sites for hydroxylation is 1. The number of aliphatic carboxylic acids is 1. The van der Waals surface area contributed by atoms with Crippen LogP contribution in [0.2, 0.25) is 10.0 Å². The maximum absolute atomic E-state index is 12.0. The van der Waals surface area contributed by atoms with Crippen molar-refractivity contribution >= 4 is 35.1 Å². The van der Waals surface area contributed by atoms with E-state index in [9.17, 15) is 23.1 Å². The lowest BCUT2D eigenvalue weighted by Crippen LogP contribution is -2.52. The summed E-state index contributed by atoms with van der Waals surface area (Å²) < 4.78 is 31.7. The largest absolute Gasteiger partial charge is 0.490 e. The van der Waals surface area contributed by atoms with Gasteiger partial charge in [-0.1, -0.05) is 23.2 Å². The van der Waals surface area contributed by atoms with Gasteiger partial charge in [0.1, 0.15) is 5.69 Å². The number of aliphatic hydroxyl groups is 1. The standard InChI is InChI=1S/C11H15Cl2N3O2.C2HF3O2/c1-5-8(12)9(13)10(15-5)11(18)16-6-2-3-14-4-7(6)17;3-2(4,5)1(6)7/h6-7,14-15,17H,2-4H2,1H3,(H,16,18);(H,6,7)/t6-,7-;/m1./s1. The number of amides is 1. The Kier molecular flexibility index (Phi) is 7.54. The van der Waals surface area contributed by atoms with Gasteiger partial charge in [0.05, 0.1) is 22.2 Å². The smallest absolute Gasteiger partial charge is 0.475 e. The number of hydrogen-bond donors (Lipinski definition) is 5. The number of piperidine rings is 1. The van der Waals surface area contributed by atoms with Crippen molar-refractivity contribution in [3.63, 3.8) is 0 Å². The Morgan fingerprint density at radius 1 is 1.28 bits per heavy atom. The summed E-state index contributed by atoms with van der Waals surface area (Å²) >= 11 is 11.9. The van der Waals surface area contributed by atoms with Crippen molar-refractivity contribution in [2.75, 3.05) is 13.1 Å². The van der Waals surface area contributed by atoms with Crippen LogP contribution in [0.1, 0.15) is 22.6 Å². The molecule has 0 spiro atoms. The summed E-state index contributed by atoms with van der Waals surface area (Å²) in [6.07, 6.45) is -4.99. The summed E-state index contributed by atoms with van der Waals surface area (Å²) in [7, 11) is 0. The fourth-order valence-corrected chi connectivity index (χ4v) is 2.40. The molecule has 7 nitrogen and oxygen atoms in total. The molecule has 2 rings (SSSR count). The average molecular weight is 406 g/mol. The number of aliphatic hydroxyl groups excluding tert-OH is 1. The summed E-state index contributed by atoms with van der Waals surface area (Å²) in [5.41, 5.74) is 0.891. The number of rotatable bonds is 2. The maximum Gasteiger partial charge on any atom is 0.490 e. The van der Waals surface area contributed by atoms with Crippen LogP contribution in [0.3, 0.4) is 0 Å². The lowest BCUT2D eigenvalue weighted by Gasteiger charge is -2.28. The quantitative estimate of drug-likeness (QED) is 0.513. The summed E-state index contributed by atoms with van der Waals surface area (Å²) in [4.78, 5) is 23.8. The highest BCUT2D eigenvalue weighted by Gasteiger charge is 2.38. The van der Waals surface area contributed by atoms with E-state index in [1.807, 2.05) is 0 Å². The Hall–Kier alpha value is -1.49. The monoisotopic (exact) mass is 405 g/mol. The van der Waals surface area contributed by atoms with Gasteiger partial charge in [-0.2, -0.15) is 13.2 Å². The molecule has 25 heavy (non-hydrogen) atoms. The molecule has 5 N–H and O–H groups in total. The zero-order valence-corrected chi connectivity index (χ0v) is 14.4. The third-order valence-electron chi connectivity index (χ3n) is 3.29. The van der Waals surface area contributed by atoms with E-state index >= 15 is 0 Å². The molecule has 12 heteroatoms. The number of H-pyrrole nitrogens is 1. The highest BCUT2D eigenvalue weighted by Crippen LogP contribution is 2.29. The average Bonchev–Trinajstić information content (AvgIpc) is 2.77. The summed E-state index contributed by atoms with van der Waals surface area (Å²) in [6, 6.07) is -0.266. The number of carboxylic acids is 1. The molecule has 0 unspecified atom stereocenters. The number of alkyl halides is 3. The van der Waals surface area contributed by atoms with Gasteiger partial charge >= 0.3 is 12.1 Å². The first-order valence-corrected chi connectivity index (χ1v) is 7.74. The lowest BCUT2D eigenvalue weighted by molar-refractivity contribution is -0.192. The molecule has 0 saturated carbocycles. The van der Waals surface area contributed by atoms with Crippen LogP contribution in [0, 0.1) is 6.92 Å². The third-order valence-corrected chi connectivity index (χ3v) is 4.24. The van der Waals surface area contributed by atoms with E-state index < -0.39 is 18.2 Å². The van der Waals surface area contributed by atoms with Crippen molar-refractivity contribution < 1.29 is 33.0 Å². The summed E-state index contributed by atoms with van der Waals surface area (Å²) in [6.45, 7) is 2.98. The van der Waals surface area contributed by atoms with Crippen molar-refractivity contribution in [1.82, 2.24) is 15.6 Å². The van der Waals surface area contributed by atoms with Crippen molar-refractivity contribution in [2.45, 2.75) is 31.7 Å². The molecular formula is C13H16Cl2F3N3O4. The predicted octanol–water partition coefficient (Wildman–Crippen LogP) is 1.72. The van der Waals surface area contributed by atoms with Gasteiger partial charge in [-0.15, -0.1) is 0 Å². The van der Waals surface area contributed by atoms with Crippen LogP contribution in [-0.2, 0) is 4.79 Å². The van der Waals surface area contributed by atoms with Gasteiger partial charge in [0, 0.05) is 12.2 Å². The molecule has 1 aliphatic rings. The molecule has 1 aromatic rings. The molecule has 2 atom stereocenters. The van der Waals surface area contributed by atoms with Crippen LogP contribution in [0.5, 0.6) is 0 Å². The fourth-order valence-electron chi connectivity index (χ4n) is 1.98. The van der Waals surface area contributed by atoms with Gasteiger partial charge in [-0.3, -0.25) is 4.79 Å². The molecule has 0 radical (unpaired) electrons. The number of hydrogen-bond acceptors (Lipinski definition) is 4. The fraction of sp³-hybridized carbons (Fsp3) is 0.538. The number of carboxylic acid groups (broad SMARTS) is 1. The molecule has 1 aromatic heterocycles. The molecule has 0 aromatic carbocycles. The van der Waals surface area contributed by atoms with E-state index in [1.54, 1.807) is 6.92 Å². The minimum Gasteiger partial charge on any atom is -0.475 e. The Labute approximate surface area is 150 Å². The molecule has 1 fully saturated rings. The topological polar surface area (TPSA) is 114 Å². The Bertz CT molecular complexity index is 637. The van der Waals surface area contributed by atoms with E-state index in [0.29, 0.717) is 23.7 Å². The minimum atomic E-state index is -5.08. The minimum absolute atomic E-state index is 0.218. The number of nitrogens with one attached hydrogen (secondary N) is 3. The lowest BCUT2D eigenvalue weighted by atomic mass is 10.0. The van der Waals surface area contributed by atoms with Gasteiger partial charge in [-0.25, -0.2) is 4.79 Å². The zero-order chi connectivity index (χ0) is 19.4. The molecule has 1 amide bonds. The summed E-state index contributed by atoms with van der Waals surface area (Å²) in [5.74, 6) is -3.10. The van der Waals surface area contributed by atoms with Gasteiger partial charge in [0.2, 0.25) is 0 Å². The molecule has 1 saturated heterocycles. The van der Waals surface area contributed by atoms with E-state index in [1.165, 1.54) is 0 Å². The van der Waals surface area contributed by atoms with E-state index in [4.69, 9.17) is 33.1 Å². The van der Waals surface area contributed by atoms with Crippen LogP contribution >= 0.6 is 23.2 Å². The predicted molar refractivity (Wildman–Crippen MR) is 84.0 cm³/mol. The van der Waals surface area contributed by atoms with Gasteiger partial charge < -0.3 is 25.8 Å². The summed E-state index contributed by atoms with van der Waals surface area (Å²) in [5, 5.41) is 23.3. The van der Waals surface area contributed by atoms with Gasteiger partial charge in [-0.05, 0) is 19.9 Å². The van der Waals surface area contributed by atoms with Crippen LogP contribution < -0.4 is 10.6 Å². The Morgan fingerprint density at radius 3 is 2.24 bits per heavy atom. The molecule has 2 heterocycles. The highest BCUT2D eigenvalue weighted by atomic mass is 35.5. The first kappa shape index (κ1) is 21.6. The second kappa shape index (κ2) is 8.75. The van der Waals surface area contributed by atoms with Crippen molar-refractivity contribution in [1.29, 1.82) is 0 Å². The van der Waals surface area contributed by atoms with Gasteiger partial charge in [0.25, 0.3) is 5.91 Å². The van der Waals surface area contributed by atoms with E-state index in [0.717, 1.165) is 6.54 Å². The normalized spacial score (nSPS) is 20.4. The van der Waals surface area contributed by atoms with Crippen molar-refractivity contribution in [3.8, 4) is 0 Å². The molecular weight excluding hydrogens is 390 g/mol. The van der Waals surface area contributed by atoms with Gasteiger partial charge in [0.15, 0.2) is 0 Å². The highest BCUT2D eigenvalue weighted by molar-refractivity contribution is 6.44. The molecule has 142 valence electrons. The number of β-amino-alcohol motifs (C(OH)–C–C–N with tert-alkyl or cyclic N) is 1. The Morgan fingerprint density at radius 2 is 1.84 bits per heavy atom. The van der Waals surface area contributed by atoms with E-state index in [2.05, 4.69) is 15.6 Å². The second-order valence-corrected chi connectivity index (χ2v) is 5.95. The second-order valence-electron chi connectivity index (χ2n) is 5.20. The Balaban J connectivity index is 0.000000381. The molecule has 0 bridgehead atoms. The first-order valence-electron chi connectivity index (χ1n) is 6.98. The number of carbonyl (C=O) groups is 2. The van der Waals surface area contributed by atoms with Crippen LogP contribution in [-0.4, -0.2) is 58.5 Å². The maximum atomic E-state index is 12.0. The van der Waals surface area contributed by atoms with E-state index in [-0.39, 0.29) is 22.7 Å². The first-order chi connectivity index (χ1) is 11.4. The number of aromatic nitrogens is 1. The van der Waals surface area contributed by atoms with Crippen LogP contribution in [0.15, 0.2) is 0 Å². The molecule has 1 aliphatic heterocycles.